The maximum Gasteiger partial charge on any atom is 0.272 e. The molecular formula is C22H30N4O3. The number of nitrogens with one attached hydrogen (secondary N) is 1. The molecule has 1 aliphatic heterocycles. The second-order valence-corrected chi connectivity index (χ2v) is 7.94. The van der Waals surface area contributed by atoms with Crippen molar-refractivity contribution in [3.8, 4) is 5.75 Å². The van der Waals surface area contributed by atoms with Crippen molar-refractivity contribution in [1.82, 2.24) is 20.0 Å². The SMILES string of the molecule is CCNC(=O)c1nn(CC2CC2)c2c1CN(Cc1cccc(OCCO)c1)CC2. The van der Waals surface area contributed by atoms with Gasteiger partial charge in [0.2, 0.25) is 0 Å². The van der Waals surface area contributed by atoms with E-state index in [1.165, 1.54) is 18.5 Å². The number of ether oxygens (including phenoxy) is 1. The number of carbonyl (C=O) groups is 1. The second kappa shape index (κ2) is 8.97. The normalized spacial score (nSPS) is 16.5. The van der Waals surface area contributed by atoms with E-state index in [1.807, 2.05) is 25.1 Å². The molecule has 1 aromatic heterocycles. The highest BCUT2D eigenvalue weighted by molar-refractivity contribution is 5.94. The van der Waals surface area contributed by atoms with Gasteiger partial charge in [0.1, 0.15) is 12.4 Å². The zero-order valence-corrected chi connectivity index (χ0v) is 17.1. The first-order valence-corrected chi connectivity index (χ1v) is 10.6. The van der Waals surface area contributed by atoms with Gasteiger partial charge in [-0.15, -0.1) is 0 Å². The Morgan fingerprint density at radius 1 is 1.38 bits per heavy atom. The Morgan fingerprint density at radius 2 is 2.24 bits per heavy atom. The first kappa shape index (κ1) is 19.9. The largest absolute Gasteiger partial charge is 0.491 e. The summed E-state index contributed by atoms with van der Waals surface area (Å²) in [7, 11) is 0. The maximum atomic E-state index is 12.6. The van der Waals surface area contributed by atoms with Gasteiger partial charge in [-0.05, 0) is 43.4 Å². The van der Waals surface area contributed by atoms with E-state index >= 15 is 0 Å². The van der Waals surface area contributed by atoms with Crippen LogP contribution in [0.1, 0.15) is 47.1 Å². The van der Waals surface area contributed by atoms with Crippen LogP contribution in [-0.4, -0.2) is 52.0 Å². The lowest BCUT2D eigenvalue weighted by molar-refractivity contribution is 0.0947. The fourth-order valence-electron chi connectivity index (χ4n) is 3.96. The molecule has 0 unspecified atom stereocenters. The van der Waals surface area contributed by atoms with E-state index in [4.69, 9.17) is 14.9 Å². The Balaban J connectivity index is 1.51. The first-order chi connectivity index (χ1) is 14.2. The Bertz CT molecular complexity index is 860. The minimum Gasteiger partial charge on any atom is -0.491 e. The Kier molecular flexibility index (Phi) is 6.16. The van der Waals surface area contributed by atoms with Crippen LogP contribution in [0.3, 0.4) is 0 Å². The number of fused-ring (bicyclic) bond motifs is 1. The van der Waals surface area contributed by atoms with Crippen molar-refractivity contribution in [1.29, 1.82) is 0 Å². The summed E-state index contributed by atoms with van der Waals surface area (Å²) < 4.78 is 7.63. The van der Waals surface area contributed by atoms with Crippen LogP contribution in [0.2, 0.25) is 0 Å². The summed E-state index contributed by atoms with van der Waals surface area (Å²) in [6.45, 7) is 6.24. The zero-order valence-electron chi connectivity index (χ0n) is 17.1. The first-order valence-electron chi connectivity index (χ1n) is 10.6. The van der Waals surface area contributed by atoms with E-state index in [0.717, 1.165) is 55.4 Å². The Morgan fingerprint density at radius 3 is 3.00 bits per heavy atom. The van der Waals surface area contributed by atoms with E-state index in [9.17, 15) is 4.79 Å². The van der Waals surface area contributed by atoms with E-state index in [1.54, 1.807) is 0 Å². The smallest absolute Gasteiger partial charge is 0.272 e. The number of rotatable bonds is 9. The molecule has 156 valence electrons. The Hall–Kier alpha value is -2.38. The van der Waals surface area contributed by atoms with Crippen LogP contribution in [0.25, 0.3) is 0 Å². The van der Waals surface area contributed by atoms with Crippen LogP contribution in [0.5, 0.6) is 5.75 Å². The minimum absolute atomic E-state index is 0.00652. The number of hydrogen-bond donors (Lipinski definition) is 2. The van der Waals surface area contributed by atoms with E-state index in [-0.39, 0.29) is 12.5 Å². The fraction of sp³-hybridized carbons (Fsp3) is 0.545. The van der Waals surface area contributed by atoms with E-state index in [0.29, 0.717) is 18.8 Å². The third kappa shape index (κ3) is 4.79. The molecule has 1 aliphatic carbocycles. The molecule has 0 spiro atoms. The molecule has 0 atom stereocenters. The quantitative estimate of drug-likeness (QED) is 0.675. The van der Waals surface area contributed by atoms with Crippen LogP contribution < -0.4 is 10.1 Å². The molecule has 1 amide bonds. The van der Waals surface area contributed by atoms with E-state index in [2.05, 4.69) is 21.0 Å². The fourth-order valence-corrected chi connectivity index (χ4v) is 3.96. The van der Waals surface area contributed by atoms with Crippen molar-refractivity contribution in [2.24, 2.45) is 5.92 Å². The van der Waals surface area contributed by atoms with E-state index < -0.39 is 0 Å². The second-order valence-electron chi connectivity index (χ2n) is 7.94. The average Bonchev–Trinajstić information content (AvgIpc) is 3.47. The number of aliphatic hydroxyl groups is 1. The molecule has 0 bridgehead atoms. The molecule has 1 saturated carbocycles. The highest BCUT2D eigenvalue weighted by atomic mass is 16.5. The summed E-state index contributed by atoms with van der Waals surface area (Å²) in [6, 6.07) is 7.99. The molecule has 1 aromatic carbocycles. The predicted molar refractivity (Wildman–Crippen MR) is 110 cm³/mol. The summed E-state index contributed by atoms with van der Waals surface area (Å²) in [4.78, 5) is 15.0. The lowest BCUT2D eigenvalue weighted by Gasteiger charge is -2.28. The molecule has 0 radical (unpaired) electrons. The van der Waals surface area contributed by atoms with Crippen LogP contribution in [0.15, 0.2) is 24.3 Å². The third-order valence-corrected chi connectivity index (χ3v) is 5.56. The molecule has 0 saturated heterocycles. The zero-order chi connectivity index (χ0) is 20.2. The maximum absolute atomic E-state index is 12.6. The third-order valence-electron chi connectivity index (χ3n) is 5.56. The highest BCUT2D eigenvalue weighted by Gasteiger charge is 2.30. The van der Waals surface area contributed by atoms with Crippen molar-refractivity contribution in [2.45, 2.75) is 45.8 Å². The van der Waals surface area contributed by atoms with Crippen LogP contribution in [0, 0.1) is 5.92 Å². The molecule has 29 heavy (non-hydrogen) atoms. The molecule has 2 heterocycles. The summed E-state index contributed by atoms with van der Waals surface area (Å²) in [5, 5.41) is 16.6. The molecular weight excluding hydrogens is 368 g/mol. The van der Waals surface area contributed by atoms with Gasteiger partial charge in [-0.3, -0.25) is 14.4 Å². The molecule has 2 aliphatic rings. The number of amides is 1. The minimum atomic E-state index is -0.0699. The monoisotopic (exact) mass is 398 g/mol. The molecule has 2 N–H and O–H groups in total. The van der Waals surface area contributed by atoms with Gasteiger partial charge in [0.15, 0.2) is 5.69 Å². The predicted octanol–water partition coefficient (Wildman–Crippen LogP) is 1.97. The summed E-state index contributed by atoms with van der Waals surface area (Å²) in [5.41, 5.74) is 4.06. The molecule has 4 rings (SSSR count). The van der Waals surface area contributed by atoms with Gasteiger partial charge in [0.05, 0.1) is 6.61 Å². The van der Waals surface area contributed by atoms with Crippen molar-refractivity contribution >= 4 is 5.91 Å². The molecule has 1 fully saturated rings. The van der Waals surface area contributed by atoms with Crippen LogP contribution in [-0.2, 0) is 26.1 Å². The van der Waals surface area contributed by atoms with Gasteiger partial charge >= 0.3 is 0 Å². The standard InChI is InChI=1S/C22H30N4O3/c1-2-23-22(28)21-19-15-25(9-8-20(19)26(24-21)14-16-6-7-16)13-17-4-3-5-18(12-17)29-11-10-27/h3-5,12,16,27H,2,6-11,13-15H2,1H3,(H,23,28). The summed E-state index contributed by atoms with van der Waals surface area (Å²) >= 11 is 0. The van der Waals surface area contributed by atoms with Gasteiger partial charge in [0, 0.05) is 50.4 Å². The molecule has 7 nitrogen and oxygen atoms in total. The highest BCUT2D eigenvalue weighted by Crippen LogP contribution is 2.33. The number of benzene rings is 1. The van der Waals surface area contributed by atoms with Crippen molar-refractivity contribution in [2.75, 3.05) is 26.3 Å². The molecule has 2 aromatic rings. The topological polar surface area (TPSA) is 79.6 Å². The summed E-state index contributed by atoms with van der Waals surface area (Å²) in [5.74, 6) is 1.43. The van der Waals surface area contributed by atoms with Crippen molar-refractivity contribution in [3.05, 3.63) is 46.8 Å². The molecule has 7 heteroatoms. The number of aliphatic hydroxyl groups excluding tert-OH is 1. The Labute approximate surface area is 171 Å². The van der Waals surface area contributed by atoms with Crippen LogP contribution >= 0.6 is 0 Å². The average molecular weight is 399 g/mol. The lowest BCUT2D eigenvalue weighted by atomic mass is 10.0. The van der Waals surface area contributed by atoms with Crippen molar-refractivity contribution in [3.63, 3.8) is 0 Å². The van der Waals surface area contributed by atoms with Gasteiger partial charge in [-0.1, -0.05) is 12.1 Å². The van der Waals surface area contributed by atoms with Gasteiger partial charge in [-0.2, -0.15) is 5.10 Å². The van der Waals surface area contributed by atoms with Gasteiger partial charge < -0.3 is 15.2 Å². The number of aromatic nitrogens is 2. The number of carbonyl (C=O) groups excluding carboxylic acids is 1. The number of nitrogens with zero attached hydrogens (tertiary/aromatic N) is 3. The van der Waals surface area contributed by atoms with Crippen molar-refractivity contribution < 1.29 is 14.6 Å². The summed E-state index contributed by atoms with van der Waals surface area (Å²) in [6.07, 6.45) is 3.45. The lowest BCUT2D eigenvalue weighted by Crippen LogP contribution is -2.32. The van der Waals surface area contributed by atoms with Gasteiger partial charge in [0.25, 0.3) is 5.91 Å². The van der Waals surface area contributed by atoms with Crippen LogP contribution in [0.4, 0.5) is 0 Å². The number of hydrogen-bond acceptors (Lipinski definition) is 5. The van der Waals surface area contributed by atoms with Gasteiger partial charge in [-0.25, -0.2) is 0 Å².